The Bertz CT molecular complexity index is 232. The molecule has 0 aliphatic heterocycles. The van der Waals surface area contributed by atoms with E-state index in [1.165, 1.54) is 0 Å². The Morgan fingerprint density at radius 1 is 1.77 bits per heavy atom. The number of rotatable bonds is 3. The molecule has 1 rings (SSSR count). The number of hydrogen-bond donors (Lipinski definition) is 1. The van der Waals surface area contributed by atoms with Crippen molar-refractivity contribution in [2.75, 3.05) is 6.61 Å². The van der Waals surface area contributed by atoms with E-state index in [9.17, 15) is 4.79 Å². The van der Waals surface area contributed by atoms with Gasteiger partial charge in [0.1, 0.15) is 5.78 Å². The molecule has 1 aliphatic carbocycles. The number of aliphatic hydroxyl groups excluding tert-OH is 1. The van der Waals surface area contributed by atoms with Crippen molar-refractivity contribution >= 4 is 5.78 Å². The molecule has 0 heterocycles. The van der Waals surface area contributed by atoms with Gasteiger partial charge < -0.3 is 5.11 Å². The first-order valence-corrected chi connectivity index (χ1v) is 4.81. The Labute approximate surface area is 79.6 Å². The highest BCUT2D eigenvalue weighted by molar-refractivity contribution is 5.82. The molecule has 74 valence electrons. The van der Waals surface area contributed by atoms with E-state index in [-0.39, 0.29) is 12.0 Å². The Morgan fingerprint density at radius 3 is 2.69 bits per heavy atom. The van der Waals surface area contributed by atoms with Crippen LogP contribution in [0.4, 0.5) is 0 Å². The summed E-state index contributed by atoms with van der Waals surface area (Å²) in [5.74, 6) is 0.647. The van der Waals surface area contributed by atoms with Crippen LogP contribution in [0.3, 0.4) is 0 Å². The summed E-state index contributed by atoms with van der Waals surface area (Å²) in [4.78, 5) is 11.3. The number of carbonyl (C=O) groups is 1. The normalized spacial score (nSPS) is 33.8. The van der Waals surface area contributed by atoms with Crippen molar-refractivity contribution < 1.29 is 9.90 Å². The minimum Gasteiger partial charge on any atom is -0.396 e. The summed E-state index contributed by atoms with van der Waals surface area (Å²) in [7, 11) is 0. The summed E-state index contributed by atoms with van der Waals surface area (Å²) in [5.41, 5.74) is 0.922. The van der Waals surface area contributed by atoms with E-state index in [0.717, 1.165) is 5.57 Å². The molecule has 1 saturated carbocycles. The van der Waals surface area contributed by atoms with Gasteiger partial charge in [-0.25, -0.2) is 0 Å². The maximum atomic E-state index is 11.3. The lowest BCUT2D eigenvalue weighted by molar-refractivity contribution is -0.118. The zero-order valence-electron chi connectivity index (χ0n) is 8.47. The highest BCUT2D eigenvalue weighted by atomic mass is 16.3. The quantitative estimate of drug-likeness (QED) is 0.677. The minimum atomic E-state index is -0.119. The lowest BCUT2D eigenvalue weighted by atomic mass is 9.71. The second-order valence-electron chi connectivity index (χ2n) is 4.23. The van der Waals surface area contributed by atoms with E-state index in [1.807, 2.05) is 6.92 Å². The molecule has 0 aromatic heterocycles. The smallest absolute Gasteiger partial charge is 0.134 e. The largest absolute Gasteiger partial charge is 0.396 e. The summed E-state index contributed by atoms with van der Waals surface area (Å²) in [6.07, 6.45) is 1.89. The molecule has 0 aromatic rings. The molecular formula is C11H18O2. The van der Waals surface area contributed by atoms with E-state index in [1.54, 1.807) is 0 Å². The zero-order valence-corrected chi connectivity index (χ0v) is 8.47. The molecule has 0 amide bonds. The first-order valence-electron chi connectivity index (χ1n) is 4.81. The Hall–Kier alpha value is -0.630. The SMILES string of the molecule is C=C(C)C1(CCO)CC(=O)CC1C. The fourth-order valence-corrected chi connectivity index (χ4v) is 2.45. The van der Waals surface area contributed by atoms with Gasteiger partial charge in [-0.1, -0.05) is 19.1 Å². The van der Waals surface area contributed by atoms with Gasteiger partial charge in [0.25, 0.3) is 0 Å². The maximum Gasteiger partial charge on any atom is 0.134 e. The lowest BCUT2D eigenvalue weighted by Gasteiger charge is -2.33. The Morgan fingerprint density at radius 2 is 2.38 bits per heavy atom. The molecule has 2 atom stereocenters. The van der Waals surface area contributed by atoms with Crippen LogP contribution in [-0.4, -0.2) is 17.5 Å². The van der Waals surface area contributed by atoms with Gasteiger partial charge in [0, 0.05) is 24.9 Å². The van der Waals surface area contributed by atoms with Gasteiger partial charge >= 0.3 is 0 Å². The molecule has 2 nitrogen and oxygen atoms in total. The summed E-state index contributed by atoms with van der Waals surface area (Å²) in [6.45, 7) is 8.13. The highest BCUT2D eigenvalue weighted by Crippen LogP contribution is 2.48. The maximum absolute atomic E-state index is 11.3. The predicted octanol–water partition coefficient (Wildman–Crippen LogP) is 1.93. The van der Waals surface area contributed by atoms with Crippen molar-refractivity contribution in [2.24, 2.45) is 11.3 Å². The fourth-order valence-electron chi connectivity index (χ4n) is 2.45. The monoisotopic (exact) mass is 182 g/mol. The molecule has 1 fully saturated rings. The van der Waals surface area contributed by atoms with E-state index in [2.05, 4.69) is 13.5 Å². The van der Waals surface area contributed by atoms with Crippen molar-refractivity contribution in [3.63, 3.8) is 0 Å². The fraction of sp³-hybridized carbons (Fsp3) is 0.727. The molecule has 0 saturated heterocycles. The number of carbonyl (C=O) groups excluding carboxylic acids is 1. The van der Waals surface area contributed by atoms with Crippen LogP contribution in [0, 0.1) is 11.3 Å². The number of ketones is 1. The lowest BCUT2D eigenvalue weighted by Crippen LogP contribution is -2.26. The van der Waals surface area contributed by atoms with Crippen LogP contribution in [0.15, 0.2) is 12.2 Å². The molecule has 0 radical (unpaired) electrons. The van der Waals surface area contributed by atoms with Crippen LogP contribution < -0.4 is 0 Å². The van der Waals surface area contributed by atoms with Crippen molar-refractivity contribution in [2.45, 2.75) is 33.1 Å². The number of Topliss-reactive ketones (excluding diaryl/α,β-unsaturated/α-hetero) is 1. The zero-order chi connectivity index (χ0) is 10.1. The van der Waals surface area contributed by atoms with Crippen molar-refractivity contribution in [1.82, 2.24) is 0 Å². The van der Waals surface area contributed by atoms with E-state index in [0.29, 0.717) is 31.0 Å². The first kappa shape index (κ1) is 10.5. The van der Waals surface area contributed by atoms with Crippen LogP contribution in [0.2, 0.25) is 0 Å². The summed E-state index contributed by atoms with van der Waals surface area (Å²) < 4.78 is 0. The molecule has 2 heteroatoms. The van der Waals surface area contributed by atoms with E-state index < -0.39 is 0 Å². The Kier molecular flexibility index (Phi) is 2.91. The predicted molar refractivity (Wildman–Crippen MR) is 52.4 cm³/mol. The Balaban J connectivity index is 2.90. The van der Waals surface area contributed by atoms with Crippen LogP contribution >= 0.6 is 0 Å². The minimum absolute atomic E-state index is 0.119. The third-order valence-electron chi connectivity index (χ3n) is 3.40. The van der Waals surface area contributed by atoms with Crippen LogP contribution in [0.5, 0.6) is 0 Å². The highest BCUT2D eigenvalue weighted by Gasteiger charge is 2.44. The third-order valence-corrected chi connectivity index (χ3v) is 3.40. The van der Waals surface area contributed by atoms with Crippen molar-refractivity contribution in [1.29, 1.82) is 0 Å². The van der Waals surface area contributed by atoms with Crippen LogP contribution in [0.1, 0.15) is 33.1 Å². The second kappa shape index (κ2) is 3.62. The third kappa shape index (κ3) is 1.68. The molecule has 2 unspecified atom stereocenters. The van der Waals surface area contributed by atoms with Gasteiger partial charge in [0.05, 0.1) is 0 Å². The van der Waals surface area contributed by atoms with Gasteiger partial charge in [-0.15, -0.1) is 0 Å². The standard InChI is InChI=1S/C11H18O2/c1-8(2)11(4-5-12)7-10(13)6-9(11)3/h9,12H,1,4-7H2,2-3H3. The number of aliphatic hydroxyl groups is 1. The molecule has 1 N–H and O–H groups in total. The van der Waals surface area contributed by atoms with Crippen molar-refractivity contribution in [3.8, 4) is 0 Å². The van der Waals surface area contributed by atoms with Gasteiger partial charge in [-0.05, 0) is 19.3 Å². The van der Waals surface area contributed by atoms with Crippen LogP contribution in [0.25, 0.3) is 0 Å². The summed E-state index contributed by atoms with van der Waals surface area (Å²) in [6, 6.07) is 0. The molecule has 0 aromatic carbocycles. The summed E-state index contributed by atoms with van der Waals surface area (Å²) in [5, 5.41) is 8.99. The van der Waals surface area contributed by atoms with E-state index >= 15 is 0 Å². The number of allylic oxidation sites excluding steroid dienone is 1. The molecule has 0 spiro atoms. The van der Waals surface area contributed by atoms with E-state index in [4.69, 9.17) is 5.11 Å². The van der Waals surface area contributed by atoms with Gasteiger partial charge in [-0.2, -0.15) is 0 Å². The molecule has 1 aliphatic rings. The first-order chi connectivity index (χ1) is 6.03. The summed E-state index contributed by atoms with van der Waals surface area (Å²) >= 11 is 0. The van der Waals surface area contributed by atoms with Gasteiger partial charge in [-0.3, -0.25) is 4.79 Å². The van der Waals surface area contributed by atoms with Crippen LogP contribution in [-0.2, 0) is 4.79 Å². The van der Waals surface area contributed by atoms with Gasteiger partial charge in [0.2, 0.25) is 0 Å². The second-order valence-corrected chi connectivity index (χ2v) is 4.23. The average Bonchev–Trinajstić information content (AvgIpc) is 2.28. The molecule has 0 bridgehead atoms. The number of hydrogen-bond acceptors (Lipinski definition) is 2. The molecular weight excluding hydrogens is 164 g/mol. The van der Waals surface area contributed by atoms with Crippen molar-refractivity contribution in [3.05, 3.63) is 12.2 Å². The topological polar surface area (TPSA) is 37.3 Å². The average molecular weight is 182 g/mol. The van der Waals surface area contributed by atoms with Gasteiger partial charge in [0.15, 0.2) is 0 Å². The molecule has 13 heavy (non-hydrogen) atoms.